The van der Waals surface area contributed by atoms with Crippen molar-refractivity contribution < 1.29 is 13.2 Å². The molecule has 22 heavy (non-hydrogen) atoms. The number of nitrogens with one attached hydrogen (secondary N) is 2. The number of carbonyl (C=O) groups excluding carboxylic acids is 1. The van der Waals surface area contributed by atoms with Gasteiger partial charge in [0.15, 0.2) is 0 Å². The van der Waals surface area contributed by atoms with Crippen molar-refractivity contribution in [2.24, 2.45) is 0 Å². The largest absolute Gasteiger partial charge is 0.325 e. The van der Waals surface area contributed by atoms with E-state index in [1.54, 1.807) is 37.3 Å². The lowest BCUT2D eigenvalue weighted by Crippen LogP contribution is -2.32. The number of aryl methyl sites for hydroxylation is 1. The highest BCUT2D eigenvalue weighted by atomic mass is 32.2. The van der Waals surface area contributed by atoms with E-state index in [1.165, 1.54) is 6.07 Å². The Hall–Kier alpha value is -2.21. The Morgan fingerprint density at radius 2 is 1.91 bits per heavy atom. The van der Waals surface area contributed by atoms with Crippen LogP contribution in [-0.2, 0) is 14.8 Å². The maximum absolute atomic E-state index is 12.0. The molecule has 0 spiro atoms. The van der Waals surface area contributed by atoms with Crippen LogP contribution in [0.1, 0.15) is 10.4 Å². The van der Waals surface area contributed by atoms with Gasteiger partial charge in [0, 0.05) is 10.6 Å². The van der Waals surface area contributed by atoms with Crippen molar-refractivity contribution >= 4 is 33.0 Å². The molecule has 2 aromatic rings. The van der Waals surface area contributed by atoms with Crippen molar-refractivity contribution in [3.8, 4) is 6.07 Å². The van der Waals surface area contributed by atoms with Gasteiger partial charge in [-0.2, -0.15) is 5.26 Å². The van der Waals surface area contributed by atoms with Crippen molar-refractivity contribution in [3.63, 3.8) is 0 Å². The fraction of sp³-hybridized carbons (Fsp3) is 0.143. The minimum absolute atomic E-state index is 0.177. The number of carbonyl (C=O) groups is 1. The van der Waals surface area contributed by atoms with Gasteiger partial charge in [0.2, 0.25) is 5.91 Å². The van der Waals surface area contributed by atoms with Crippen LogP contribution in [0.3, 0.4) is 0 Å². The Bertz CT molecular complexity index is 818. The van der Waals surface area contributed by atoms with E-state index in [1.807, 2.05) is 6.07 Å². The third-order valence-electron chi connectivity index (χ3n) is 2.70. The molecule has 1 aromatic carbocycles. The number of amides is 1. The Kier molecular flexibility index (Phi) is 4.92. The average molecular weight is 335 g/mol. The molecule has 2 rings (SSSR count). The first-order valence-corrected chi connectivity index (χ1v) is 8.57. The molecule has 1 heterocycles. The van der Waals surface area contributed by atoms with Gasteiger partial charge >= 0.3 is 0 Å². The fourth-order valence-electron chi connectivity index (χ4n) is 1.62. The lowest BCUT2D eigenvalue weighted by Gasteiger charge is -2.06. The fourth-order valence-corrected chi connectivity index (χ4v) is 3.93. The van der Waals surface area contributed by atoms with E-state index in [0.717, 1.165) is 16.2 Å². The first-order valence-electron chi connectivity index (χ1n) is 6.27. The zero-order chi connectivity index (χ0) is 16.2. The zero-order valence-electron chi connectivity index (χ0n) is 11.7. The first-order chi connectivity index (χ1) is 10.4. The maximum Gasteiger partial charge on any atom is 0.250 e. The molecule has 8 heteroatoms. The number of nitriles is 1. The van der Waals surface area contributed by atoms with Crippen LogP contribution in [0.5, 0.6) is 0 Å². The molecular weight excluding hydrogens is 322 g/mol. The number of nitrogens with zero attached hydrogens (tertiary/aromatic N) is 1. The summed E-state index contributed by atoms with van der Waals surface area (Å²) in [5.74, 6) is -0.485. The number of hydrogen-bond acceptors (Lipinski definition) is 5. The minimum Gasteiger partial charge on any atom is -0.325 e. The van der Waals surface area contributed by atoms with Gasteiger partial charge in [0.25, 0.3) is 10.0 Å². The van der Waals surface area contributed by atoms with Crippen molar-refractivity contribution in [2.75, 3.05) is 11.9 Å². The summed E-state index contributed by atoms with van der Waals surface area (Å²) in [6.45, 7) is 1.45. The van der Waals surface area contributed by atoms with Crippen LogP contribution < -0.4 is 10.0 Å². The summed E-state index contributed by atoms with van der Waals surface area (Å²) in [7, 11) is -3.67. The summed E-state index contributed by atoms with van der Waals surface area (Å²) in [4.78, 5) is 12.6. The molecule has 1 amide bonds. The van der Waals surface area contributed by atoms with Gasteiger partial charge in [-0.1, -0.05) is 0 Å². The van der Waals surface area contributed by atoms with Gasteiger partial charge in [-0.15, -0.1) is 11.3 Å². The minimum atomic E-state index is -3.67. The van der Waals surface area contributed by atoms with Gasteiger partial charge in [0.05, 0.1) is 18.2 Å². The van der Waals surface area contributed by atoms with Crippen LogP contribution in [0.25, 0.3) is 0 Å². The molecule has 0 radical (unpaired) electrons. The lowest BCUT2D eigenvalue weighted by molar-refractivity contribution is -0.115. The normalized spacial score (nSPS) is 10.9. The maximum atomic E-state index is 12.0. The molecule has 0 aliphatic rings. The van der Waals surface area contributed by atoms with Crippen LogP contribution in [0.4, 0.5) is 5.69 Å². The SMILES string of the molecule is Cc1ccc(S(=O)(=O)NCC(=O)Nc2ccc(C#N)cc2)s1. The molecule has 0 saturated carbocycles. The Morgan fingerprint density at radius 3 is 2.45 bits per heavy atom. The van der Waals surface area contributed by atoms with Crippen molar-refractivity contribution in [1.29, 1.82) is 5.26 Å². The predicted octanol–water partition coefficient (Wildman–Crippen LogP) is 1.85. The highest BCUT2D eigenvalue weighted by Crippen LogP contribution is 2.20. The molecule has 6 nitrogen and oxygen atoms in total. The predicted molar refractivity (Wildman–Crippen MR) is 84.0 cm³/mol. The van der Waals surface area contributed by atoms with Gasteiger partial charge in [-0.3, -0.25) is 4.79 Å². The summed E-state index contributed by atoms with van der Waals surface area (Å²) in [5, 5.41) is 11.2. The lowest BCUT2D eigenvalue weighted by atomic mass is 10.2. The molecule has 0 aliphatic heterocycles. The van der Waals surface area contributed by atoms with E-state index < -0.39 is 15.9 Å². The van der Waals surface area contributed by atoms with Crippen LogP contribution >= 0.6 is 11.3 Å². The Morgan fingerprint density at radius 1 is 1.23 bits per heavy atom. The molecule has 0 unspecified atom stereocenters. The molecular formula is C14H13N3O3S2. The van der Waals surface area contributed by atoms with Gasteiger partial charge in [-0.05, 0) is 43.3 Å². The topological polar surface area (TPSA) is 99.1 Å². The molecule has 1 aromatic heterocycles. The van der Waals surface area contributed by atoms with E-state index in [9.17, 15) is 13.2 Å². The Balaban J connectivity index is 1.93. The number of benzene rings is 1. The molecule has 0 saturated heterocycles. The van der Waals surface area contributed by atoms with E-state index >= 15 is 0 Å². The average Bonchev–Trinajstić information content (AvgIpc) is 2.94. The quantitative estimate of drug-likeness (QED) is 0.871. The van der Waals surface area contributed by atoms with Crippen LogP contribution in [0.2, 0.25) is 0 Å². The number of anilines is 1. The molecule has 0 atom stereocenters. The van der Waals surface area contributed by atoms with Crippen LogP contribution in [0, 0.1) is 18.3 Å². The number of rotatable bonds is 5. The number of thiophene rings is 1. The second-order valence-electron chi connectivity index (χ2n) is 4.43. The third kappa shape index (κ3) is 4.14. The van der Waals surface area contributed by atoms with Crippen molar-refractivity contribution in [1.82, 2.24) is 4.72 Å². The van der Waals surface area contributed by atoms with Gasteiger partial charge in [-0.25, -0.2) is 13.1 Å². The summed E-state index contributed by atoms with van der Waals surface area (Å²) < 4.78 is 26.4. The third-order valence-corrected chi connectivity index (χ3v) is 5.59. The van der Waals surface area contributed by atoms with E-state index in [0.29, 0.717) is 11.3 Å². The second-order valence-corrected chi connectivity index (χ2v) is 7.71. The second kappa shape index (κ2) is 6.70. The standard InChI is InChI=1S/C14H13N3O3S2/c1-10-2-7-14(21-10)22(19,20)16-9-13(18)17-12-5-3-11(8-15)4-6-12/h2-7,16H,9H2,1H3,(H,17,18). The number of sulfonamides is 1. The van der Waals surface area contributed by atoms with Crippen molar-refractivity contribution in [2.45, 2.75) is 11.1 Å². The monoisotopic (exact) mass is 335 g/mol. The molecule has 0 fully saturated rings. The zero-order valence-corrected chi connectivity index (χ0v) is 13.3. The smallest absolute Gasteiger partial charge is 0.250 e. The van der Waals surface area contributed by atoms with Crippen molar-refractivity contribution in [3.05, 3.63) is 46.8 Å². The molecule has 0 aliphatic carbocycles. The first kappa shape index (κ1) is 16.2. The highest BCUT2D eigenvalue weighted by molar-refractivity contribution is 7.91. The molecule has 114 valence electrons. The van der Waals surface area contributed by atoms with Gasteiger partial charge in [0.1, 0.15) is 4.21 Å². The summed E-state index contributed by atoms with van der Waals surface area (Å²) in [6, 6.07) is 11.5. The van der Waals surface area contributed by atoms with Crippen LogP contribution in [-0.4, -0.2) is 20.9 Å². The summed E-state index contributed by atoms with van der Waals surface area (Å²) in [5.41, 5.74) is 0.974. The van der Waals surface area contributed by atoms with E-state index in [4.69, 9.17) is 5.26 Å². The summed E-state index contributed by atoms with van der Waals surface area (Å²) in [6.07, 6.45) is 0. The Labute approximate surface area is 132 Å². The van der Waals surface area contributed by atoms with Gasteiger partial charge < -0.3 is 5.32 Å². The number of hydrogen-bond donors (Lipinski definition) is 2. The van der Waals surface area contributed by atoms with E-state index in [-0.39, 0.29) is 10.8 Å². The summed E-state index contributed by atoms with van der Waals surface area (Å²) >= 11 is 1.14. The van der Waals surface area contributed by atoms with Crippen LogP contribution in [0.15, 0.2) is 40.6 Å². The molecule has 0 bridgehead atoms. The highest BCUT2D eigenvalue weighted by Gasteiger charge is 2.17. The molecule has 2 N–H and O–H groups in total. The van der Waals surface area contributed by atoms with E-state index in [2.05, 4.69) is 10.0 Å².